The predicted octanol–water partition coefficient (Wildman–Crippen LogP) is 8.40. The standard InChI is InChI=1S/C28H34/c1-7-27(3,4)25-16-12-15-24(26(25)28(5,6)8-2)23-19-17-22(18-20-23)21-13-10-9-11-14-21/h9-20H,7-8H2,1-6H3. The molecule has 0 aliphatic rings. The molecule has 0 saturated carbocycles. The Morgan fingerprint density at radius 3 is 1.64 bits per heavy atom. The summed E-state index contributed by atoms with van der Waals surface area (Å²) in [7, 11) is 0. The highest BCUT2D eigenvalue weighted by molar-refractivity contribution is 5.74. The molecule has 0 unspecified atom stereocenters. The van der Waals surface area contributed by atoms with Crippen molar-refractivity contribution in [3.8, 4) is 22.3 Å². The summed E-state index contributed by atoms with van der Waals surface area (Å²) in [5, 5.41) is 0. The number of rotatable bonds is 6. The van der Waals surface area contributed by atoms with E-state index in [1.54, 1.807) is 0 Å². The maximum absolute atomic E-state index is 2.39. The van der Waals surface area contributed by atoms with E-state index in [0.29, 0.717) is 0 Å². The van der Waals surface area contributed by atoms with E-state index in [-0.39, 0.29) is 10.8 Å². The summed E-state index contributed by atoms with van der Waals surface area (Å²) in [6.45, 7) is 14.1. The van der Waals surface area contributed by atoms with Crippen molar-refractivity contribution in [1.82, 2.24) is 0 Å². The maximum atomic E-state index is 2.39. The largest absolute Gasteiger partial charge is 0.0646 e. The molecule has 146 valence electrons. The second-order valence-corrected chi connectivity index (χ2v) is 9.15. The fourth-order valence-corrected chi connectivity index (χ4v) is 3.93. The molecule has 0 aliphatic carbocycles. The van der Waals surface area contributed by atoms with Gasteiger partial charge in [-0.2, -0.15) is 0 Å². The Kier molecular flexibility index (Phi) is 5.79. The molecule has 0 nitrogen and oxygen atoms in total. The zero-order valence-electron chi connectivity index (χ0n) is 18.3. The molecule has 0 bridgehead atoms. The van der Waals surface area contributed by atoms with Crippen molar-refractivity contribution >= 4 is 0 Å². The van der Waals surface area contributed by atoms with E-state index in [4.69, 9.17) is 0 Å². The molecular weight excluding hydrogens is 336 g/mol. The summed E-state index contributed by atoms with van der Waals surface area (Å²) in [4.78, 5) is 0. The van der Waals surface area contributed by atoms with Crippen LogP contribution in [0.3, 0.4) is 0 Å². The van der Waals surface area contributed by atoms with Crippen LogP contribution in [0.15, 0.2) is 72.8 Å². The highest BCUT2D eigenvalue weighted by atomic mass is 14.3. The summed E-state index contributed by atoms with van der Waals surface area (Å²) in [5.74, 6) is 0. The summed E-state index contributed by atoms with van der Waals surface area (Å²) >= 11 is 0. The second-order valence-electron chi connectivity index (χ2n) is 9.15. The SMILES string of the molecule is CCC(C)(C)c1cccc(-c2ccc(-c3ccccc3)cc2)c1C(C)(C)CC. The zero-order valence-corrected chi connectivity index (χ0v) is 18.3. The van der Waals surface area contributed by atoms with Crippen molar-refractivity contribution in [3.63, 3.8) is 0 Å². The maximum Gasteiger partial charge on any atom is -0.00971 e. The van der Waals surface area contributed by atoms with Gasteiger partial charge < -0.3 is 0 Å². The van der Waals surface area contributed by atoms with Gasteiger partial charge in [-0.25, -0.2) is 0 Å². The van der Waals surface area contributed by atoms with Gasteiger partial charge in [0.25, 0.3) is 0 Å². The molecular formula is C28H34. The van der Waals surface area contributed by atoms with Gasteiger partial charge in [0.2, 0.25) is 0 Å². The van der Waals surface area contributed by atoms with Crippen molar-refractivity contribution in [1.29, 1.82) is 0 Å². The van der Waals surface area contributed by atoms with Crippen LogP contribution < -0.4 is 0 Å². The van der Waals surface area contributed by atoms with Crippen LogP contribution in [0.1, 0.15) is 65.5 Å². The normalized spacial score (nSPS) is 12.2. The topological polar surface area (TPSA) is 0 Å². The Labute approximate surface area is 171 Å². The van der Waals surface area contributed by atoms with Gasteiger partial charge in [0.1, 0.15) is 0 Å². The molecule has 0 fully saturated rings. The third-order valence-electron chi connectivity index (χ3n) is 6.54. The lowest BCUT2D eigenvalue weighted by molar-refractivity contribution is 0.456. The summed E-state index contributed by atoms with van der Waals surface area (Å²) in [5.41, 5.74) is 8.53. The molecule has 0 aliphatic heterocycles. The summed E-state index contributed by atoms with van der Waals surface area (Å²) in [6, 6.07) is 26.6. The van der Waals surface area contributed by atoms with Crippen LogP contribution in [0.25, 0.3) is 22.3 Å². The molecule has 0 aromatic heterocycles. The highest BCUT2D eigenvalue weighted by Crippen LogP contribution is 2.43. The number of hydrogen-bond donors (Lipinski definition) is 0. The molecule has 0 amide bonds. The van der Waals surface area contributed by atoms with E-state index in [9.17, 15) is 0 Å². The summed E-state index contributed by atoms with van der Waals surface area (Å²) < 4.78 is 0. The molecule has 3 aromatic carbocycles. The van der Waals surface area contributed by atoms with Crippen molar-refractivity contribution < 1.29 is 0 Å². The minimum absolute atomic E-state index is 0.135. The number of benzene rings is 3. The van der Waals surface area contributed by atoms with Gasteiger partial charge in [-0.05, 0) is 57.1 Å². The Bertz CT molecular complexity index is 912. The molecule has 0 radical (unpaired) electrons. The lowest BCUT2D eigenvalue weighted by atomic mass is 9.69. The molecule has 0 atom stereocenters. The molecule has 0 N–H and O–H groups in total. The molecule has 0 saturated heterocycles. The minimum atomic E-state index is 0.135. The number of hydrogen-bond acceptors (Lipinski definition) is 0. The van der Waals surface area contributed by atoms with Gasteiger partial charge in [-0.1, -0.05) is 114 Å². The predicted molar refractivity (Wildman–Crippen MR) is 124 cm³/mol. The first-order valence-corrected chi connectivity index (χ1v) is 10.6. The first kappa shape index (κ1) is 20.4. The summed E-state index contributed by atoms with van der Waals surface area (Å²) in [6.07, 6.45) is 2.26. The van der Waals surface area contributed by atoms with Gasteiger partial charge in [0.15, 0.2) is 0 Å². The van der Waals surface area contributed by atoms with Crippen LogP contribution in [0, 0.1) is 0 Å². The Morgan fingerprint density at radius 1 is 0.536 bits per heavy atom. The molecule has 0 heterocycles. The zero-order chi connectivity index (χ0) is 20.4. The Balaban J connectivity index is 2.15. The average molecular weight is 371 g/mol. The van der Waals surface area contributed by atoms with E-state index >= 15 is 0 Å². The molecule has 28 heavy (non-hydrogen) atoms. The van der Waals surface area contributed by atoms with Crippen LogP contribution in [0.5, 0.6) is 0 Å². The van der Waals surface area contributed by atoms with Crippen molar-refractivity contribution in [2.45, 2.75) is 65.2 Å². The van der Waals surface area contributed by atoms with Gasteiger partial charge in [0, 0.05) is 0 Å². The molecule has 3 rings (SSSR count). The Hall–Kier alpha value is -2.34. The minimum Gasteiger partial charge on any atom is -0.0646 e. The highest BCUT2D eigenvalue weighted by Gasteiger charge is 2.31. The molecule has 0 spiro atoms. The third-order valence-corrected chi connectivity index (χ3v) is 6.54. The van der Waals surface area contributed by atoms with E-state index in [0.717, 1.165) is 12.8 Å². The Morgan fingerprint density at radius 2 is 1.07 bits per heavy atom. The lowest BCUT2D eigenvalue weighted by Crippen LogP contribution is -2.26. The van der Waals surface area contributed by atoms with Crippen LogP contribution in [-0.4, -0.2) is 0 Å². The first-order chi connectivity index (χ1) is 13.3. The fraction of sp³-hybridized carbons (Fsp3) is 0.357. The third kappa shape index (κ3) is 3.92. The second kappa shape index (κ2) is 7.95. The van der Waals surface area contributed by atoms with E-state index in [1.807, 2.05) is 0 Å². The van der Waals surface area contributed by atoms with Crippen LogP contribution in [0.4, 0.5) is 0 Å². The van der Waals surface area contributed by atoms with Gasteiger partial charge in [-0.3, -0.25) is 0 Å². The van der Waals surface area contributed by atoms with Gasteiger partial charge in [-0.15, -0.1) is 0 Å². The van der Waals surface area contributed by atoms with Gasteiger partial charge in [0.05, 0.1) is 0 Å². The van der Waals surface area contributed by atoms with E-state index in [2.05, 4.69) is 114 Å². The van der Waals surface area contributed by atoms with Gasteiger partial charge >= 0.3 is 0 Å². The van der Waals surface area contributed by atoms with Crippen LogP contribution in [0.2, 0.25) is 0 Å². The molecule has 3 aromatic rings. The van der Waals surface area contributed by atoms with Crippen molar-refractivity contribution in [3.05, 3.63) is 83.9 Å². The lowest BCUT2D eigenvalue weighted by Gasteiger charge is -2.35. The van der Waals surface area contributed by atoms with Crippen LogP contribution >= 0.6 is 0 Å². The van der Waals surface area contributed by atoms with Crippen molar-refractivity contribution in [2.75, 3.05) is 0 Å². The van der Waals surface area contributed by atoms with E-state index in [1.165, 1.54) is 33.4 Å². The quantitative estimate of drug-likeness (QED) is 0.408. The average Bonchev–Trinajstić information content (AvgIpc) is 2.74. The fourth-order valence-electron chi connectivity index (χ4n) is 3.93. The van der Waals surface area contributed by atoms with Crippen molar-refractivity contribution in [2.24, 2.45) is 0 Å². The van der Waals surface area contributed by atoms with Crippen LogP contribution in [-0.2, 0) is 10.8 Å². The monoisotopic (exact) mass is 370 g/mol. The molecule has 0 heteroatoms. The van der Waals surface area contributed by atoms with E-state index < -0.39 is 0 Å². The first-order valence-electron chi connectivity index (χ1n) is 10.6. The smallest absolute Gasteiger partial charge is 0.00971 e.